The Bertz CT molecular complexity index is 400. The first-order valence-corrected chi connectivity index (χ1v) is 6.92. The van der Waals surface area contributed by atoms with Gasteiger partial charge in [0.2, 0.25) is 5.91 Å². The van der Waals surface area contributed by atoms with E-state index in [4.69, 9.17) is 0 Å². The summed E-state index contributed by atoms with van der Waals surface area (Å²) >= 11 is 1.64. The smallest absolute Gasteiger partial charge is 0.237 e. The van der Waals surface area contributed by atoms with Gasteiger partial charge in [0.15, 0.2) is 0 Å². The third-order valence-electron chi connectivity index (χ3n) is 2.90. The van der Waals surface area contributed by atoms with Crippen molar-refractivity contribution >= 4 is 17.2 Å². The maximum absolute atomic E-state index is 11.8. The molecular weight excluding hydrogens is 234 g/mol. The molecule has 0 saturated heterocycles. The molecule has 0 aliphatic heterocycles. The largest absolute Gasteiger partial charge is 0.352 e. The van der Waals surface area contributed by atoms with Crippen LogP contribution in [-0.2, 0) is 4.79 Å². The lowest BCUT2D eigenvalue weighted by molar-refractivity contribution is -0.123. The van der Waals surface area contributed by atoms with Gasteiger partial charge < -0.3 is 5.32 Å². The molecule has 17 heavy (non-hydrogen) atoms. The number of rotatable bonds is 5. The maximum Gasteiger partial charge on any atom is 0.237 e. The van der Waals surface area contributed by atoms with Gasteiger partial charge in [0.25, 0.3) is 0 Å². The molecule has 1 aromatic rings. The summed E-state index contributed by atoms with van der Waals surface area (Å²) in [6.07, 6.45) is 2.25. The number of nitrogens with one attached hydrogen (secondary N) is 2. The van der Waals surface area contributed by atoms with Crippen molar-refractivity contribution in [1.29, 1.82) is 0 Å². The zero-order valence-electron chi connectivity index (χ0n) is 10.5. The molecular formula is C12H19N3OS. The molecule has 4 nitrogen and oxygen atoms in total. The number of carbonyl (C=O) groups is 1. The Labute approximate surface area is 106 Å². The van der Waals surface area contributed by atoms with Gasteiger partial charge in [0.1, 0.15) is 0 Å². The minimum atomic E-state index is -0.174. The molecule has 1 heterocycles. The summed E-state index contributed by atoms with van der Waals surface area (Å²) in [6.45, 7) is 5.92. The zero-order valence-corrected chi connectivity index (χ0v) is 11.3. The van der Waals surface area contributed by atoms with Crippen LogP contribution in [0.15, 0.2) is 5.38 Å². The van der Waals surface area contributed by atoms with Gasteiger partial charge in [-0.05, 0) is 33.6 Å². The fraction of sp³-hybridized carbons (Fsp3) is 0.667. The van der Waals surface area contributed by atoms with E-state index in [0.717, 1.165) is 23.5 Å². The van der Waals surface area contributed by atoms with Crippen LogP contribution in [-0.4, -0.2) is 23.0 Å². The van der Waals surface area contributed by atoms with Crippen molar-refractivity contribution in [3.63, 3.8) is 0 Å². The highest BCUT2D eigenvalue weighted by Crippen LogP contribution is 2.19. The first-order valence-electron chi connectivity index (χ1n) is 6.04. The summed E-state index contributed by atoms with van der Waals surface area (Å²) in [5, 5.41) is 9.37. The molecule has 0 spiro atoms. The highest BCUT2D eigenvalue weighted by molar-refractivity contribution is 7.09. The number of nitrogens with zero attached hydrogens (tertiary/aromatic N) is 1. The fourth-order valence-corrected chi connectivity index (χ4v) is 2.38. The van der Waals surface area contributed by atoms with Crippen LogP contribution in [0.2, 0.25) is 0 Å². The molecule has 0 bridgehead atoms. The number of amides is 1. The molecule has 1 aliphatic carbocycles. The predicted molar refractivity (Wildman–Crippen MR) is 69.0 cm³/mol. The quantitative estimate of drug-likeness (QED) is 0.841. The first-order chi connectivity index (χ1) is 8.06. The van der Waals surface area contributed by atoms with Crippen LogP contribution in [0.1, 0.15) is 43.4 Å². The van der Waals surface area contributed by atoms with Gasteiger partial charge in [-0.15, -0.1) is 11.3 Å². The number of carbonyl (C=O) groups excluding carboxylic acids is 1. The lowest BCUT2D eigenvalue weighted by Crippen LogP contribution is -2.43. The van der Waals surface area contributed by atoms with Crippen molar-refractivity contribution in [2.45, 2.75) is 51.7 Å². The van der Waals surface area contributed by atoms with E-state index in [-0.39, 0.29) is 18.0 Å². The third kappa shape index (κ3) is 3.51. The van der Waals surface area contributed by atoms with Crippen LogP contribution in [0.4, 0.5) is 0 Å². The van der Waals surface area contributed by atoms with Crippen molar-refractivity contribution in [3.05, 3.63) is 16.1 Å². The molecule has 1 aromatic heterocycles. The summed E-state index contributed by atoms with van der Waals surface area (Å²) in [4.78, 5) is 16.2. The molecule has 0 radical (unpaired) electrons. The number of aromatic nitrogens is 1. The van der Waals surface area contributed by atoms with Crippen molar-refractivity contribution in [3.8, 4) is 0 Å². The van der Waals surface area contributed by atoms with E-state index >= 15 is 0 Å². The van der Waals surface area contributed by atoms with Crippen LogP contribution >= 0.6 is 11.3 Å². The molecule has 1 aliphatic rings. The fourth-order valence-electron chi connectivity index (χ4n) is 1.67. The Morgan fingerprint density at radius 3 is 2.76 bits per heavy atom. The van der Waals surface area contributed by atoms with Gasteiger partial charge in [0.05, 0.1) is 16.7 Å². The lowest BCUT2D eigenvalue weighted by Gasteiger charge is -2.18. The second-order valence-electron chi connectivity index (χ2n) is 4.68. The van der Waals surface area contributed by atoms with Crippen LogP contribution < -0.4 is 10.6 Å². The van der Waals surface area contributed by atoms with Crippen molar-refractivity contribution in [1.82, 2.24) is 15.6 Å². The highest BCUT2D eigenvalue weighted by atomic mass is 32.1. The summed E-state index contributed by atoms with van der Waals surface area (Å²) < 4.78 is 0. The van der Waals surface area contributed by atoms with Crippen LogP contribution in [0.5, 0.6) is 0 Å². The first kappa shape index (κ1) is 12.5. The molecule has 5 heteroatoms. The van der Waals surface area contributed by atoms with Crippen molar-refractivity contribution in [2.75, 3.05) is 0 Å². The van der Waals surface area contributed by atoms with E-state index in [2.05, 4.69) is 15.6 Å². The number of hydrogen-bond acceptors (Lipinski definition) is 4. The minimum Gasteiger partial charge on any atom is -0.352 e. The summed E-state index contributed by atoms with van der Waals surface area (Å²) in [5.74, 6) is 0.0892. The van der Waals surface area contributed by atoms with Crippen LogP contribution in [0, 0.1) is 6.92 Å². The lowest BCUT2D eigenvalue weighted by atomic mass is 10.2. The zero-order chi connectivity index (χ0) is 12.4. The highest BCUT2D eigenvalue weighted by Gasteiger charge is 2.26. The van der Waals surface area contributed by atoms with Gasteiger partial charge in [-0.1, -0.05) is 0 Å². The maximum atomic E-state index is 11.8. The van der Waals surface area contributed by atoms with Crippen LogP contribution in [0.3, 0.4) is 0 Å². The van der Waals surface area contributed by atoms with E-state index in [1.54, 1.807) is 11.3 Å². The van der Waals surface area contributed by atoms with Gasteiger partial charge in [0, 0.05) is 17.5 Å². The Morgan fingerprint density at radius 2 is 2.24 bits per heavy atom. The average molecular weight is 253 g/mol. The second kappa shape index (κ2) is 5.14. The van der Waals surface area contributed by atoms with Gasteiger partial charge in [-0.3, -0.25) is 10.1 Å². The molecule has 2 rings (SSSR count). The van der Waals surface area contributed by atoms with Crippen molar-refractivity contribution < 1.29 is 4.79 Å². The predicted octanol–water partition coefficient (Wildman–Crippen LogP) is 1.77. The topological polar surface area (TPSA) is 54.0 Å². The normalized spacial score (nSPS) is 18.8. The third-order valence-corrected chi connectivity index (χ3v) is 3.69. The molecule has 94 valence electrons. The summed E-state index contributed by atoms with van der Waals surface area (Å²) in [5.41, 5.74) is 1.01. The van der Waals surface area contributed by atoms with Gasteiger partial charge >= 0.3 is 0 Å². The Balaban J connectivity index is 1.84. The molecule has 1 fully saturated rings. The monoisotopic (exact) mass is 253 g/mol. The van der Waals surface area contributed by atoms with E-state index in [0.29, 0.717) is 6.04 Å². The molecule has 1 amide bonds. The molecule has 2 N–H and O–H groups in total. The Kier molecular flexibility index (Phi) is 3.79. The molecule has 2 unspecified atom stereocenters. The Hall–Kier alpha value is -0.940. The molecule has 1 saturated carbocycles. The van der Waals surface area contributed by atoms with E-state index < -0.39 is 0 Å². The standard InChI is InChI=1S/C12H19N3OS/c1-7(11-6-17-9(3)14-11)13-8(2)12(16)15-10-4-5-10/h6-8,10,13H,4-5H2,1-3H3,(H,15,16). The van der Waals surface area contributed by atoms with E-state index in [9.17, 15) is 4.79 Å². The van der Waals surface area contributed by atoms with Crippen LogP contribution in [0.25, 0.3) is 0 Å². The molecule has 0 aromatic carbocycles. The molecule has 2 atom stereocenters. The summed E-state index contributed by atoms with van der Waals surface area (Å²) in [7, 11) is 0. The van der Waals surface area contributed by atoms with E-state index in [1.165, 1.54) is 0 Å². The second-order valence-corrected chi connectivity index (χ2v) is 5.75. The van der Waals surface area contributed by atoms with Crippen molar-refractivity contribution in [2.24, 2.45) is 0 Å². The number of hydrogen-bond donors (Lipinski definition) is 2. The summed E-state index contributed by atoms with van der Waals surface area (Å²) in [6, 6.07) is 0.357. The number of aryl methyl sites for hydroxylation is 1. The SMILES string of the molecule is Cc1nc(C(C)NC(C)C(=O)NC2CC2)cs1. The van der Waals surface area contributed by atoms with E-state index in [1.807, 2.05) is 26.2 Å². The number of thiazole rings is 1. The average Bonchev–Trinajstić information content (AvgIpc) is 2.97. The van der Waals surface area contributed by atoms with Gasteiger partial charge in [-0.25, -0.2) is 4.98 Å². The Morgan fingerprint density at radius 1 is 1.53 bits per heavy atom. The van der Waals surface area contributed by atoms with Gasteiger partial charge in [-0.2, -0.15) is 0 Å². The minimum absolute atomic E-state index is 0.0892.